The largest absolute Gasteiger partial charge is 0.496 e. The van der Waals surface area contributed by atoms with E-state index in [1.165, 1.54) is 18.9 Å². The zero-order valence-corrected chi connectivity index (χ0v) is 13.3. The van der Waals surface area contributed by atoms with E-state index in [0.717, 1.165) is 4.47 Å². The minimum atomic E-state index is -1.08. The Hall–Kier alpha value is -1.56. The third-order valence-electron chi connectivity index (χ3n) is 2.90. The molecule has 1 N–H and O–H groups in total. The van der Waals surface area contributed by atoms with Gasteiger partial charge in [0.1, 0.15) is 5.75 Å². The third-order valence-corrected chi connectivity index (χ3v) is 3.39. The number of aliphatic carboxylic acids is 1. The summed E-state index contributed by atoms with van der Waals surface area (Å²) in [4.78, 5) is 24.7. The number of hydrogen-bond donors (Lipinski definition) is 1. The monoisotopic (exact) mass is 343 g/mol. The Morgan fingerprint density at radius 2 is 2.10 bits per heavy atom. The van der Waals surface area contributed by atoms with Crippen molar-refractivity contribution in [3.05, 3.63) is 28.2 Å². The van der Waals surface area contributed by atoms with Gasteiger partial charge < -0.3 is 14.7 Å². The lowest BCUT2D eigenvalue weighted by molar-refractivity contribution is -0.149. The van der Waals surface area contributed by atoms with Crippen molar-refractivity contribution in [3.8, 4) is 5.75 Å². The number of carboxylic acid groups (broad SMARTS) is 1. The fourth-order valence-corrected chi connectivity index (χ4v) is 2.44. The fraction of sp³-hybridized carbons (Fsp3) is 0.429. The van der Waals surface area contributed by atoms with Gasteiger partial charge >= 0.3 is 5.97 Å². The van der Waals surface area contributed by atoms with Crippen molar-refractivity contribution >= 4 is 27.8 Å². The summed E-state index contributed by atoms with van der Waals surface area (Å²) in [6.45, 7) is 3.64. The van der Waals surface area contributed by atoms with Crippen LogP contribution in [0.2, 0.25) is 0 Å². The number of hydrogen-bond acceptors (Lipinski definition) is 3. The first kappa shape index (κ1) is 16.5. The quantitative estimate of drug-likeness (QED) is 0.862. The minimum absolute atomic E-state index is 0.277. The van der Waals surface area contributed by atoms with Crippen LogP contribution in [0.3, 0.4) is 0 Å². The van der Waals surface area contributed by atoms with E-state index in [9.17, 15) is 14.7 Å². The molecular weight excluding hydrogens is 326 g/mol. The molecule has 0 spiro atoms. The highest BCUT2D eigenvalue weighted by Crippen LogP contribution is 2.32. The molecule has 0 saturated heterocycles. The number of carboxylic acids is 1. The highest BCUT2D eigenvalue weighted by Gasteiger charge is 2.31. The number of amides is 1. The molecule has 0 heterocycles. The van der Waals surface area contributed by atoms with Crippen LogP contribution in [0.25, 0.3) is 0 Å². The predicted molar refractivity (Wildman–Crippen MR) is 78.7 cm³/mol. The van der Waals surface area contributed by atoms with Gasteiger partial charge in [0.2, 0.25) is 5.91 Å². The minimum Gasteiger partial charge on any atom is -0.496 e. The number of benzene rings is 1. The molecule has 0 fully saturated rings. The molecule has 0 aromatic heterocycles. The van der Waals surface area contributed by atoms with Crippen molar-refractivity contribution in [2.75, 3.05) is 13.7 Å². The van der Waals surface area contributed by atoms with Gasteiger partial charge in [0.05, 0.1) is 7.11 Å². The van der Waals surface area contributed by atoms with E-state index in [0.29, 0.717) is 24.3 Å². The molecule has 1 aromatic carbocycles. The van der Waals surface area contributed by atoms with Gasteiger partial charge in [0.25, 0.3) is 0 Å². The van der Waals surface area contributed by atoms with Crippen molar-refractivity contribution in [2.24, 2.45) is 0 Å². The number of ether oxygens (including phenoxy) is 1. The van der Waals surface area contributed by atoms with Gasteiger partial charge in [-0.2, -0.15) is 0 Å². The fourth-order valence-electron chi connectivity index (χ4n) is 2.06. The first-order valence-corrected chi connectivity index (χ1v) is 7.05. The number of carbonyl (C=O) groups excluding carboxylic acids is 1. The molecule has 0 saturated carbocycles. The van der Waals surface area contributed by atoms with Crippen molar-refractivity contribution in [2.45, 2.75) is 26.3 Å². The molecule has 1 rings (SSSR count). The maximum Gasteiger partial charge on any atom is 0.331 e. The molecular formula is C14H18BrNO4. The lowest BCUT2D eigenvalue weighted by Gasteiger charge is -2.29. The van der Waals surface area contributed by atoms with E-state index in [1.54, 1.807) is 18.2 Å². The molecule has 0 aliphatic heterocycles. The molecule has 1 amide bonds. The number of rotatable bonds is 6. The van der Waals surface area contributed by atoms with E-state index >= 15 is 0 Å². The summed E-state index contributed by atoms with van der Waals surface area (Å²) in [7, 11) is 1.48. The van der Waals surface area contributed by atoms with Crippen molar-refractivity contribution in [3.63, 3.8) is 0 Å². The summed E-state index contributed by atoms with van der Waals surface area (Å²) in [5.74, 6) is -0.908. The van der Waals surface area contributed by atoms with E-state index in [2.05, 4.69) is 15.9 Å². The smallest absolute Gasteiger partial charge is 0.331 e. The maximum atomic E-state index is 11.7. The summed E-state index contributed by atoms with van der Waals surface area (Å²) in [5, 5.41) is 9.52. The Kier molecular flexibility index (Phi) is 6.01. The second-order valence-electron chi connectivity index (χ2n) is 4.34. The Morgan fingerprint density at radius 3 is 2.55 bits per heavy atom. The van der Waals surface area contributed by atoms with Crippen molar-refractivity contribution in [1.29, 1.82) is 0 Å². The third kappa shape index (κ3) is 3.72. The summed E-state index contributed by atoms with van der Waals surface area (Å²) in [6, 6.07) is 4.06. The lowest BCUT2D eigenvalue weighted by atomic mass is 10.0. The molecule has 6 heteroatoms. The average Bonchev–Trinajstić information content (AvgIpc) is 2.38. The van der Waals surface area contributed by atoms with Gasteiger partial charge in [0, 0.05) is 23.5 Å². The molecule has 0 aliphatic carbocycles. The lowest BCUT2D eigenvalue weighted by Crippen LogP contribution is -2.38. The van der Waals surface area contributed by atoms with Gasteiger partial charge in [0.15, 0.2) is 6.04 Å². The van der Waals surface area contributed by atoms with Gasteiger partial charge in [-0.1, -0.05) is 22.9 Å². The van der Waals surface area contributed by atoms with Crippen LogP contribution in [0.15, 0.2) is 22.7 Å². The molecule has 20 heavy (non-hydrogen) atoms. The molecule has 1 aromatic rings. The second kappa shape index (κ2) is 7.28. The first-order chi connectivity index (χ1) is 9.42. The van der Waals surface area contributed by atoms with Crippen LogP contribution >= 0.6 is 15.9 Å². The van der Waals surface area contributed by atoms with Crippen LogP contribution in [-0.2, 0) is 9.59 Å². The second-order valence-corrected chi connectivity index (χ2v) is 5.26. The molecule has 0 radical (unpaired) electrons. The zero-order valence-electron chi connectivity index (χ0n) is 11.7. The Balaban J connectivity index is 3.35. The normalized spacial score (nSPS) is 11.8. The van der Waals surface area contributed by atoms with Crippen LogP contribution in [0.4, 0.5) is 0 Å². The van der Waals surface area contributed by atoms with Crippen molar-refractivity contribution in [1.82, 2.24) is 4.90 Å². The summed E-state index contributed by atoms with van der Waals surface area (Å²) in [5.41, 5.74) is 0.457. The van der Waals surface area contributed by atoms with Gasteiger partial charge in [-0.25, -0.2) is 4.79 Å². The molecule has 1 atom stereocenters. The number of methoxy groups -OCH3 is 1. The van der Waals surface area contributed by atoms with E-state index in [4.69, 9.17) is 4.74 Å². The Bertz CT molecular complexity index is 504. The highest BCUT2D eigenvalue weighted by molar-refractivity contribution is 9.10. The number of halogens is 1. The Labute approximate surface area is 126 Å². The SMILES string of the molecule is CCCN(C(C)=O)C(C(=O)O)c1cc(Br)ccc1OC. The van der Waals surface area contributed by atoms with Crippen molar-refractivity contribution < 1.29 is 19.4 Å². The zero-order chi connectivity index (χ0) is 15.3. The van der Waals surface area contributed by atoms with E-state index in [1.807, 2.05) is 6.92 Å². The summed E-state index contributed by atoms with van der Waals surface area (Å²) in [6.07, 6.45) is 0.680. The summed E-state index contributed by atoms with van der Waals surface area (Å²) >= 11 is 3.32. The first-order valence-electron chi connectivity index (χ1n) is 6.25. The van der Waals surface area contributed by atoms with E-state index < -0.39 is 12.0 Å². The Morgan fingerprint density at radius 1 is 1.45 bits per heavy atom. The van der Waals surface area contributed by atoms with Crippen LogP contribution < -0.4 is 4.74 Å². The molecule has 110 valence electrons. The van der Waals surface area contributed by atoms with Crippen LogP contribution in [0.5, 0.6) is 5.75 Å². The van der Waals surface area contributed by atoms with Crippen LogP contribution in [0.1, 0.15) is 31.9 Å². The number of nitrogens with zero attached hydrogens (tertiary/aromatic N) is 1. The molecule has 5 nitrogen and oxygen atoms in total. The maximum absolute atomic E-state index is 11.7. The van der Waals surface area contributed by atoms with E-state index in [-0.39, 0.29) is 5.91 Å². The topological polar surface area (TPSA) is 66.8 Å². The van der Waals surface area contributed by atoms with Crippen LogP contribution in [0, 0.1) is 0 Å². The van der Waals surface area contributed by atoms with Gasteiger partial charge in [-0.05, 0) is 24.6 Å². The molecule has 0 bridgehead atoms. The molecule has 1 unspecified atom stereocenters. The van der Waals surface area contributed by atoms with Crippen LogP contribution in [-0.4, -0.2) is 35.5 Å². The summed E-state index contributed by atoms with van der Waals surface area (Å²) < 4.78 is 5.95. The highest BCUT2D eigenvalue weighted by atomic mass is 79.9. The molecule has 0 aliphatic rings. The van der Waals surface area contributed by atoms with Gasteiger partial charge in [-0.15, -0.1) is 0 Å². The average molecular weight is 344 g/mol. The number of carbonyl (C=O) groups is 2. The predicted octanol–water partition coefficient (Wildman–Crippen LogP) is 2.84. The van der Waals surface area contributed by atoms with Gasteiger partial charge in [-0.3, -0.25) is 4.79 Å². The standard InChI is InChI=1S/C14H18BrNO4/c1-4-7-16(9(2)17)13(14(18)19)11-8-10(15)5-6-12(11)20-3/h5-6,8,13H,4,7H2,1-3H3,(H,18,19).